The van der Waals surface area contributed by atoms with Crippen LogP contribution >= 0.6 is 0 Å². The van der Waals surface area contributed by atoms with Crippen LogP contribution in [0, 0.1) is 0 Å². The molecule has 0 aliphatic rings. The van der Waals surface area contributed by atoms with Gasteiger partial charge in [0.05, 0.1) is 0 Å². The van der Waals surface area contributed by atoms with Gasteiger partial charge in [0.25, 0.3) is 0 Å². The van der Waals surface area contributed by atoms with Crippen molar-refractivity contribution in [3.05, 3.63) is 90.0 Å². The van der Waals surface area contributed by atoms with E-state index >= 15 is 0 Å². The summed E-state index contributed by atoms with van der Waals surface area (Å²) in [7, 11) is 0. The second kappa shape index (κ2) is 13.2. The van der Waals surface area contributed by atoms with Gasteiger partial charge in [-0.1, -0.05) is 66.7 Å². The Hall–Kier alpha value is -3.64. The van der Waals surface area contributed by atoms with E-state index < -0.39 is 0 Å². The predicted molar refractivity (Wildman–Crippen MR) is 138 cm³/mol. The maximum atomic E-state index is 11.8. The molecule has 3 aromatic rings. The highest BCUT2D eigenvalue weighted by Crippen LogP contribution is 2.23. The van der Waals surface area contributed by atoms with E-state index in [0.29, 0.717) is 19.6 Å². The van der Waals surface area contributed by atoms with Crippen molar-refractivity contribution in [2.45, 2.75) is 32.4 Å². The average Bonchev–Trinajstić information content (AvgIpc) is 2.83. The molecule has 0 saturated heterocycles. The Morgan fingerprint density at radius 2 is 1.65 bits per heavy atom. The van der Waals surface area contributed by atoms with Crippen LogP contribution in [0.5, 0.6) is 0 Å². The topological polar surface area (TPSA) is 87.5 Å². The van der Waals surface area contributed by atoms with E-state index in [1.54, 1.807) is 11.8 Å². The van der Waals surface area contributed by atoms with Gasteiger partial charge in [-0.3, -0.25) is 9.59 Å². The largest absolute Gasteiger partial charge is 0.399 e. The highest BCUT2D eigenvalue weighted by atomic mass is 16.1. The van der Waals surface area contributed by atoms with Crippen LogP contribution in [0.15, 0.2) is 78.9 Å². The summed E-state index contributed by atoms with van der Waals surface area (Å²) < 4.78 is 0. The first-order chi connectivity index (χ1) is 16.5. The summed E-state index contributed by atoms with van der Waals surface area (Å²) in [5, 5.41) is 6.48. The predicted octanol–water partition coefficient (Wildman–Crippen LogP) is 3.62. The lowest BCUT2D eigenvalue weighted by molar-refractivity contribution is -0.120. The molecule has 2 amide bonds. The number of rotatable bonds is 13. The van der Waals surface area contributed by atoms with Gasteiger partial charge < -0.3 is 21.3 Å². The van der Waals surface area contributed by atoms with E-state index in [0.717, 1.165) is 53.7 Å². The lowest BCUT2D eigenvalue weighted by Crippen LogP contribution is -2.38. The van der Waals surface area contributed by atoms with Gasteiger partial charge in [0.1, 0.15) is 0 Å². The molecule has 6 heteroatoms. The van der Waals surface area contributed by atoms with E-state index in [2.05, 4.69) is 28.8 Å². The lowest BCUT2D eigenvalue weighted by Gasteiger charge is -2.20. The zero-order valence-electron chi connectivity index (χ0n) is 19.7. The average molecular weight is 459 g/mol. The SMILES string of the molecule is CC(=O)N[C@H](CCNCCN(C=O)Cc1ccccc1)Cc1cccc(-c2cccc(N)c2)c1. The van der Waals surface area contributed by atoms with Crippen LogP contribution in [0.1, 0.15) is 24.5 Å². The Balaban J connectivity index is 1.50. The highest BCUT2D eigenvalue weighted by Gasteiger charge is 2.12. The van der Waals surface area contributed by atoms with E-state index in [1.807, 2.05) is 60.7 Å². The van der Waals surface area contributed by atoms with Crippen LogP contribution in [0.25, 0.3) is 11.1 Å². The van der Waals surface area contributed by atoms with Crippen molar-refractivity contribution in [1.29, 1.82) is 0 Å². The fraction of sp³-hybridized carbons (Fsp3) is 0.286. The summed E-state index contributed by atoms with van der Waals surface area (Å²) in [5.74, 6) is -0.0352. The van der Waals surface area contributed by atoms with Crippen molar-refractivity contribution < 1.29 is 9.59 Å². The molecule has 0 unspecified atom stereocenters. The molecule has 0 fully saturated rings. The van der Waals surface area contributed by atoms with Crippen molar-refractivity contribution in [1.82, 2.24) is 15.5 Å². The summed E-state index contributed by atoms with van der Waals surface area (Å²) in [6.07, 6.45) is 2.43. The van der Waals surface area contributed by atoms with Crippen LogP contribution in [-0.4, -0.2) is 42.9 Å². The molecule has 1 atom stereocenters. The number of nitrogens with two attached hydrogens (primary N) is 1. The van der Waals surface area contributed by atoms with E-state index in [-0.39, 0.29) is 11.9 Å². The summed E-state index contributed by atoms with van der Waals surface area (Å²) in [4.78, 5) is 24.9. The molecule has 6 nitrogen and oxygen atoms in total. The molecule has 0 aliphatic heterocycles. The summed E-state index contributed by atoms with van der Waals surface area (Å²) in [5.41, 5.74) is 11.1. The second-order valence-corrected chi connectivity index (χ2v) is 8.53. The van der Waals surface area contributed by atoms with E-state index in [1.165, 1.54) is 0 Å². The third kappa shape index (κ3) is 8.37. The first-order valence-electron chi connectivity index (χ1n) is 11.7. The quantitative estimate of drug-likeness (QED) is 0.207. The molecule has 34 heavy (non-hydrogen) atoms. The van der Waals surface area contributed by atoms with Crippen molar-refractivity contribution in [3.63, 3.8) is 0 Å². The monoisotopic (exact) mass is 458 g/mol. The number of amides is 2. The van der Waals surface area contributed by atoms with Gasteiger partial charge in [-0.2, -0.15) is 0 Å². The summed E-state index contributed by atoms with van der Waals surface area (Å²) >= 11 is 0. The van der Waals surface area contributed by atoms with Crippen LogP contribution in [0.3, 0.4) is 0 Å². The molecule has 0 saturated carbocycles. The number of carbonyl (C=O) groups excluding carboxylic acids is 2. The molecule has 0 heterocycles. The molecular formula is C28H34N4O2. The third-order valence-corrected chi connectivity index (χ3v) is 5.66. The van der Waals surface area contributed by atoms with Gasteiger partial charge in [-0.05, 0) is 53.8 Å². The van der Waals surface area contributed by atoms with Crippen molar-refractivity contribution in [2.24, 2.45) is 0 Å². The van der Waals surface area contributed by atoms with E-state index in [9.17, 15) is 9.59 Å². The smallest absolute Gasteiger partial charge is 0.217 e. The zero-order chi connectivity index (χ0) is 24.2. The standard InChI is InChI=1S/C28H34N4O2/c1-22(34)31-28(13-14-30-15-16-32(21-33)20-23-7-3-2-4-8-23)18-24-9-5-10-25(17-24)26-11-6-12-27(29)19-26/h2-12,17,19,21,28,30H,13-16,18,20,29H2,1H3,(H,31,34)/t28-/m1/s1. The first kappa shape index (κ1) is 25.0. The number of nitrogens with zero attached hydrogens (tertiary/aromatic N) is 1. The maximum absolute atomic E-state index is 11.8. The molecule has 0 aliphatic carbocycles. The fourth-order valence-electron chi connectivity index (χ4n) is 4.00. The summed E-state index contributed by atoms with van der Waals surface area (Å²) in [6, 6.07) is 26.2. The number of benzene rings is 3. The number of hydrogen-bond donors (Lipinski definition) is 3. The van der Waals surface area contributed by atoms with Gasteiger partial charge >= 0.3 is 0 Å². The third-order valence-electron chi connectivity index (χ3n) is 5.66. The van der Waals surface area contributed by atoms with Crippen LogP contribution in [0.4, 0.5) is 5.69 Å². The van der Waals surface area contributed by atoms with Gasteiger partial charge in [0, 0.05) is 38.3 Å². The minimum atomic E-state index is -0.0352. The number of nitrogens with one attached hydrogen (secondary N) is 2. The Bertz CT molecular complexity index is 1060. The molecule has 0 radical (unpaired) electrons. The van der Waals surface area contributed by atoms with Crippen LogP contribution in [-0.2, 0) is 22.6 Å². The van der Waals surface area contributed by atoms with Crippen molar-refractivity contribution in [2.75, 3.05) is 25.4 Å². The number of hydrogen-bond acceptors (Lipinski definition) is 4. The molecule has 4 N–H and O–H groups in total. The molecule has 3 rings (SSSR count). The number of nitrogen functional groups attached to an aromatic ring is 1. The fourth-order valence-corrected chi connectivity index (χ4v) is 4.00. The van der Waals surface area contributed by atoms with Crippen molar-refractivity contribution >= 4 is 18.0 Å². The molecule has 0 spiro atoms. The second-order valence-electron chi connectivity index (χ2n) is 8.53. The maximum Gasteiger partial charge on any atom is 0.217 e. The summed E-state index contributed by atoms with van der Waals surface area (Å²) in [6.45, 7) is 4.23. The van der Waals surface area contributed by atoms with E-state index in [4.69, 9.17) is 5.73 Å². The highest BCUT2D eigenvalue weighted by molar-refractivity contribution is 5.73. The molecule has 178 valence electrons. The normalized spacial score (nSPS) is 11.6. The van der Waals surface area contributed by atoms with Crippen LogP contribution in [0.2, 0.25) is 0 Å². The minimum Gasteiger partial charge on any atom is -0.399 e. The Kier molecular flexibility index (Phi) is 9.67. The minimum absolute atomic E-state index is 0.0209. The Morgan fingerprint density at radius 1 is 0.941 bits per heavy atom. The molecular weight excluding hydrogens is 424 g/mol. The zero-order valence-corrected chi connectivity index (χ0v) is 19.7. The number of anilines is 1. The first-order valence-corrected chi connectivity index (χ1v) is 11.7. The molecule has 3 aromatic carbocycles. The van der Waals surface area contributed by atoms with Crippen molar-refractivity contribution in [3.8, 4) is 11.1 Å². The number of carbonyl (C=O) groups is 2. The molecule has 0 bridgehead atoms. The van der Waals surface area contributed by atoms with Crippen LogP contribution < -0.4 is 16.4 Å². The van der Waals surface area contributed by atoms with Gasteiger partial charge in [0.15, 0.2) is 0 Å². The molecule has 0 aromatic heterocycles. The van der Waals surface area contributed by atoms with Gasteiger partial charge in [0.2, 0.25) is 12.3 Å². The van der Waals surface area contributed by atoms with Gasteiger partial charge in [-0.25, -0.2) is 0 Å². The Labute approximate surface area is 202 Å². The Morgan fingerprint density at radius 3 is 2.35 bits per heavy atom. The lowest BCUT2D eigenvalue weighted by atomic mass is 9.98. The van der Waals surface area contributed by atoms with Gasteiger partial charge in [-0.15, -0.1) is 0 Å².